The number of phosphoric ester groups is 2. The SMILES string of the molecule is CCC(C)CCCCCCCCC(=O)O[C@H](COC(=O)CCCCCCCCCCC(C)C)COP(=O)(O)OCC(O)COP(=O)(O)OC[C@@H](COC(=O)CCCCCCCCCCCCC(C)C)OC(=O)CCCCCCCCCCCCCCCCCC(C)C. The van der Waals surface area contributed by atoms with Crippen LogP contribution in [0, 0.1) is 23.7 Å². The second-order valence-corrected chi connectivity index (χ2v) is 30.9. The number of carbonyl (C=O) groups excluding carboxylic acids is 4. The highest BCUT2D eigenvalue weighted by atomic mass is 31.2. The van der Waals surface area contributed by atoms with Crippen molar-refractivity contribution in [2.45, 2.75) is 382 Å². The van der Waals surface area contributed by atoms with Crippen LogP contribution in [0.2, 0.25) is 0 Å². The molecule has 0 aromatic heterocycles. The predicted octanol–water partition coefficient (Wildman–Crippen LogP) is 20.9. The van der Waals surface area contributed by atoms with Crippen LogP contribution in [0.15, 0.2) is 0 Å². The molecule has 17 nitrogen and oxygen atoms in total. The second kappa shape index (κ2) is 62.6. The molecule has 0 saturated heterocycles. The number of hydrogen-bond donors (Lipinski definition) is 3. The zero-order valence-corrected chi connectivity index (χ0v) is 62.0. The summed E-state index contributed by atoms with van der Waals surface area (Å²) in [4.78, 5) is 72.6. The Morgan fingerprint density at radius 3 is 0.772 bits per heavy atom. The van der Waals surface area contributed by atoms with Crippen LogP contribution in [0.4, 0.5) is 0 Å². The summed E-state index contributed by atoms with van der Waals surface area (Å²) in [5.74, 6) is 0.880. The summed E-state index contributed by atoms with van der Waals surface area (Å²) < 4.78 is 68.4. The molecule has 19 heteroatoms. The number of unbranched alkanes of at least 4 members (excludes halogenated alkanes) is 35. The highest BCUT2D eigenvalue weighted by Crippen LogP contribution is 2.45. The van der Waals surface area contributed by atoms with Crippen molar-refractivity contribution < 1.29 is 80.2 Å². The Bertz CT molecular complexity index is 1820. The molecule has 0 aromatic carbocycles. The molecule has 0 aliphatic carbocycles. The molecule has 3 N–H and O–H groups in total. The maximum absolute atomic E-state index is 13.1. The van der Waals surface area contributed by atoms with Crippen molar-refractivity contribution in [3.05, 3.63) is 0 Å². The van der Waals surface area contributed by atoms with Gasteiger partial charge < -0.3 is 33.8 Å². The quantitative estimate of drug-likeness (QED) is 0.0222. The molecular formula is C73H142O17P2. The first kappa shape index (κ1) is 90.1. The van der Waals surface area contributed by atoms with Crippen molar-refractivity contribution in [2.75, 3.05) is 39.6 Å². The van der Waals surface area contributed by atoms with Gasteiger partial charge in [0, 0.05) is 25.7 Å². The minimum absolute atomic E-state index is 0.102. The average Bonchev–Trinajstić information content (AvgIpc) is 2.62. The minimum Gasteiger partial charge on any atom is -0.462 e. The number of aliphatic hydroxyl groups is 1. The number of rotatable bonds is 70. The van der Waals surface area contributed by atoms with Crippen LogP contribution in [0.3, 0.4) is 0 Å². The summed E-state index contributed by atoms with van der Waals surface area (Å²) in [6.07, 6.45) is 45.9. The van der Waals surface area contributed by atoms with E-state index in [4.69, 9.17) is 37.0 Å². The fourth-order valence-corrected chi connectivity index (χ4v) is 12.6. The van der Waals surface area contributed by atoms with Crippen LogP contribution < -0.4 is 0 Å². The van der Waals surface area contributed by atoms with Crippen LogP contribution in [-0.4, -0.2) is 96.7 Å². The molecule has 546 valence electrons. The van der Waals surface area contributed by atoms with E-state index in [1.54, 1.807) is 0 Å². The topological polar surface area (TPSA) is 237 Å². The fourth-order valence-electron chi connectivity index (χ4n) is 11.0. The molecule has 0 radical (unpaired) electrons. The van der Waals surface area contributed by atoms with Crippen molar-refractivity contribution in [2.24, 2.45) is 23.7 Å². The zero-order valence-electron chi connectivity index (χ0n) is 60.2. The van der Waals surface area contributed by atoms with Gasteiger partial charge in [0.2, 0.25) is 0 Å². The van der Waals surface area contributed by atoms with Crippen LogP contribution in [0.25, 0.3) is 0 Å². The minimum atomic E-state index is -4.96. The van der Waals surface area contributed by atoms with Gasteiger partial charge in [-0.1, -0.05) is 312 Å². The molecule has 6 atom stereocenters. The van der Waals surface area contributed by atoms with Gasteiger partial charge in [0.1, 0.15) is 19.3 Å². The van der Waals surface area contributed by atoms with Crippen LogP contribution in [0.1, 0.15) is 364 Å². The lowest BCUT2D eigenvalue weighted by molar-refractivity contribution is -0.161. The lowest BCUT2D eigenvalue weighted by atomic mass is 10.00. The van der Waals surface area contributed by atoms with Gasteiger partial charge in [-0.3, -0.25) is 37.3 Å². The first-order chi connectivity index (χ1) is 44.1. The first-order valence-corrected chi connectivity index (χ1v) is 40.7. The van der Waals surface area contributed by atoms with Gasteiger partial charge in [-0.15, -0.1) is 0 Å². The Hall–Kier alpha value is -1.94. The summed E-state index contributed by atoms with van der Waals surface area (Å²) in [5, 5.41) is 10.6. The molecule has 0 aliphatic rings. The predicted molar refractivity (Wildman–Crippen MR) is 372 cm³/mol. The molecule has 4 unspecified atom stereocenters. The molecule has 0 saturated carbocycles. The van der Waals surface area contributed by atoms with Crippen LogP contribution >= 0.6 is 15.6 Å². The molecule has 0 spiro atoms. The number of esters is 4. The van der Waals surface area contributed by atoms with E-state index in [9.17, 15) is 43.2 Å². The van der Waals surface area contributed by atoms with Gasteiger partial charge >= 0.3 is 39.5 Å². The molecule has 0 rings (SSSR count). The summed E-state index contributed by atoms with van der Waals surface area (Å²) in [6, 6.07) is 0. The highest BCUT2D eigenvalue weighted by molar-refractivity contribution is 7.47. The van der Waals surface area contributed by atoms with Crippen molar-refractivity contribution in [3.8, 4) is 0 Å². The van der Waals surface area contributed by atoms with E-state index in [1.807, 2.05) is 0 Å². The van der Waals surface area contributed by atoms with Crippen LogP contribution in [0.5, 0.6) is 0 Å². The van der Waals surface area contributed by atoms with Gasteiger partial charge in [0.15, 0.2) is 12.2 Å². The molecule has 0 fully saturated rings. The lowest BCUT2D eigenvalue weighted by Gasteiger charge is -2.21. The van der Waals surface area contributed by atoms with E-state index in [0.29, 0.717) is 25.7 Å². The van der Waals surface area contributed by atoms with E-state index in [0.717, 1.165) is 114 Å². The summed E-state index contributed by atoms with van der Waals surface area (Å²) in [7, 11) is -9.91. The van der Waals surface area contributed by atoms with Gasteiger partial charge in [0.25, 0.3) is 0 Å². The van der Waals surface area contributed by atoms with Crippen molar-refractivity contribution in [3.63, 3.8) is 0 Å². The van der Waals surface area contributed by atoms with Crippen LogP contribution in [-0.2, 0) is 65.4 Å². The number of phosphoric acid groups is 2. The van der Waals surface area contributed by atoms with Crippen molar-refractivity contribution in [1.29, 1.82) is 0 Å². The largest absolute Gasteiger partial charge is 0.472 e. The summed E-state index contributed by atoms with van der Waals surface area (Å²) in [6.45, 7) is 14.1. The third-order valence-electron chi connectivity index (χ3n) is 17.2. The molecular weight excluding hydrogens is 1210 g/mol. The third-order valence-corrected chi connectivity index (χ3v) is 19.1. The first-order valence-electron chi connectivity index (χ1n) is 37.7. The number of aliphatic hydroxyl groups excluding tert-OH is 1. The fraction of sp³-hybridized carbons (Fsp3) is 0.945. The average molecular weight is 1350 g/mol. The Balaban J connectivity index is 5.24. The Morgan fingerprint density at radius 2 is 0.522 bits per heavy atom. The number of hydrogen-bond acceptors (Lipinski definition) is 15. The molecule has 0 aromatic rings. The monoisotopic (exact) mass is 1350 g/mol. The Labute approximate surface area is 562 Å². The van der Waals surface area contributed by atoms with E-state index in [1.165, 1.54) is 167 Å². The molecule has 0 heterocycles. The maximum atomic E-state index is 13.1. The standard InChI is InChI=1S/C73H142O17P2/c1-9-66(8)52-44-36-31-32-40-48-56-73(78)90-69(60-84-71(76)54-46-38-29-24-23-27-35-43-51-65(6)7)62-88-92(81,82)86-58-67(74)57-85-91(79,80)87-61-68(59-83-70(75)53-45-37-28-21-18-17-20-26-34-42-50-64(4)5)89-72(77)55-47-39-30-22-16-14-12-10-11-13-15-19-25-33-41-49-63(2)3/h63-69,74H,9-62H2,1-8H3,(H,79,80)(H,81,82)/t66?,67?,68-,69-/m1/s1. The van der Waals surface area contributed by atoms with Crippen molar-refractivity contribution in [1.82, 2.24) is 0 Å². The normalized spacial score (nSPS) is 14.5. The second-order valence-electron chi connectivity index (χ2n) is 28.0. The van der Waals surface area contributed by atoms with Crippen molar-refractivity contribution >= 4 is 39.5 Å². The number of carbonyl (C=O) groups is 4. The van der Waals surface area contributed by atoms with Gasteiger partial charge in [-0.2, -0.15) is 0 Å². The Kier molecular flexibility index (Phi) is 61.3. The number of ether oxygens (including phenoxy) is 4. The van der Waals surface area contributed by atoms with Gasteiger partial charge in [-0.25, -0.2) is 9.13 Å². The maximum Gasteiger partial charge on any atom is 0.472 e. The smallest absolute Gasteiger partial charge is 0.462 e. The summed E-state index contributed by atoms with van der Waals surface area (Å²) in [5.41, 5.74) is 0. The van der Waals surface area contributed by atoms with E-state index in [-0.39, 0.29) is 25.7 Å². The third kappa shape index (κ3) is 65.4. The highest BCUT2D eigenvalue weighted by Gasteiger charge is 2.30. The van der Waals surface area contributed by atoms with E-state index >= 15 is 0 Å². The van der Waals surface area contributed by atoms with Gasteiger partial charge in [-0.05, 0) is 49.4 Å². The van der Waals surface area contributed by atoms with Gasteiger partial charge in [0.05, 0.1) is 26.4 Å². The van der Waals surface area contributed by atoms with E-state index in [2.05, 4.69) is 55.4 Å². The van der Waals surface area contributed by atoms with E-state index < -0.39 is 97.5 Å². The molecule has 92 heavy (non-hydrogen) atoms. The summed E-state index contributed by atoms with van der Waals surface area (Å²) >= 11 is 0. The zero-order chi connectivity index (χ0) is 68.2. The Morgan fingerprint density at radius 1 is 0.304 bits per heavy atom. The lowest BCUT2D eigenvalue weighted by Crippen LogP contribution is -2.30. The molecule has 0 bridgehead atoms. The molecule has 0 amide bonds. The molecule has 0 aliphatic heterocycles.